The molecule has 0 aliphatic heterocycles. The fraction of sp³-hybridized carbons (Fsp3) is 0.538. The molecule has 18 heavy (non-hydrogen) atoms. The first-order valence-corrected chi connectivity index (χ1v) is 5.88. The molecule has 0 bridgehead atoms. The zero-order chi connectivity index (χ0) is 13.5. The number of rotatable bonds is 7. The second kappa shape index (κ2) is 7.08. The second-order valence-corrected chi connectivity index (χ2v) is 4.05. The highest BCUT2D eigenvalue weighted by Gasteiger charge is 2.13. The fourth-order valence-corrected chi connectivity index (χ4v) is 1.61. The highest BCUT2D eigenvalue weighted by atomic mass is 16.5. The zero-order valence-corrected chi connectivity index (χ0v) is 11.4. The smallest absolute Gasteiger partial charge is 0.203 e. The van der Waals surface area contributed by atoms with Gasteiger partial charge in [-0.1, -0.05) is 0 Å². The minimum absolute atomic E-state index is 0.268. The van der Waals surface area contributed by atoms with Gasteiger partial charge in [-0.05, 0) is 24.6 Å². The Morgan fingerprint density at radius 3 is 2.06 bits per heavy atom. The van der Waals surface area contributed by atoms with E-state index in [4.69, 9.17) is 19.9 Å². The Bertz CT molecular complexity index is 357. The average Bonchev–Trinajstić information content (AvgIpc) is 2.43. The van der Waals surface area contributed by atoms with Crippen molar-refractivity contribution in [1.29, 1.82) is 0 Å². The van der Waals surface area contributed by atoms with E-state index >= 15 is 0 Å². The molecule has 0 radical (unpaired) electrons. The van der Waals surface area contributed by atoms with Crippen LogP contribution in [-0.4, -0.2) is 33.9 Å². The lowest BCUT2D eigenvalue weighted by Gasteiger charge is -2.16. The van der Waals surface area contributed by atoms with Gasteiger partial charge >= 0.3 is 0 Å². The Morgan fingerprint density at radius 2 is 1.67 bits per heavy atom. The fourth-order valence-electron chi connectivity index (χ4n) is 1.61. The minimum atomic E-state index is 0.268. The molecule has 1 aromatic carbocycles. The Labute approximate surface area is 108 Å². The van der Waals surface area contributed by atoms with E-state index in [2.05, 4.69) is 5.32 Å². The van der Waals surface area contributed by atoms with Crippen molar-refractivity contribution in [1.82, 2.24) is 5.32 Å². The van der Waals surface area contributed by atoms with Crippen LogP contribution in [0.2, 0.25) is 0 Å². The third-order valence-corrected chi connectivity index (χ3v) is 2.73. The van der Waals surface area contributed by atoms with Crippen LogP contribution in [0.3, 0.4) is 0 Å². The normalized spacial score (nSPS) is 12.1. The monoisotopic (exact) mass is 254 g/mol. The van der Waals surface area contributed by atoms with E-state index in [-0.39, 0.29) is 6.04 Å². The topological polar surface area (TPSA) is 65.7 Å². The van der Waals surface area contributed by atoms with E-state index in [1.807, 2.05) is 19.1 Å². The maximum absolute atomic E-state index is 5.56. The number of hydrogen-bond acceptors (Lipinski definition) is 5. The predicted octanol–water partition coefficient (Wildman–Crippen LogP) is 1.15. The molecule has 0 saturated carbocycles. The highest BCUT2D eigenvalue weighted by molar-refractivity contribution is 5.53. The molecule has 102 valence electrons. The van der Waals surface area contributed by atoms with Crippen LogP contribution >= 0.6 is 0 Å². The molecule has 1 rings (SSSR count). The molecule has 0 fully saturated rings. The summed E-state index contributed by atoms with van der Waals surface area (Å²) in [5.74, 6) is 1.93. The van der Waals surface area contributed by atoms with E-state index in [0.29, 0.717) is 30.3 Å². The summed E-state index contributed by atoms with van der Waals surface area (Å²) in [5, 5.41) is 3.31. The summed E-state index contributed by atoms with van der Waals surface area (Å²) in [5.41, 5.74) is 6.62. The summed E-state index contributed by atoms with van der Waals surface area (Å²) >= 11 is 0. The van der Waals surface area contributed by atoms with Crippen LogP contribution in [0.1, 0.15) is 12.5 Å². The van der Waals surface area contributed by atoms with Crippen LogP contribution in [0.4, 0.5) is 0 Å². The van der Waals surface area contributed by atoms with Gasteiger partial charge < -0.3 is 25.3 Å². The van der Waals surface area contributed by atoms with E-state index in [1.54, 1.807) is 21.3 Å². The van der Waals surface area contributed by atoms with Gasteiger partial charge in [0, 0.05) is 19.1 Å². The quantitative estimate of drug-likeness (QED) is 0.764. The van der Waals surface area contributed by atoms with Crippen molar-refractivity contribution in [2.75, 3.05) is 27.9 Å². The summed E-state index contributed by atoms with van der Waals surface area (Å²) < 4.78 is 15.9. The first kappa shape index (κ1) is 14.6. The van der Waals surface area contributed by atoms with Gasteiger partial charge in [0.1, 0.15) is 0 Å². The molecule has 0 aromatic heterocycles. The number of benzene rings is 1. The highest BCUT2D eigenvalue weighted by Crippen LogP contribution is 2.38. The van der Waals surface area contributed by atoms with Crippen molar-refractivity contribution in [3.05, 3.63) is 17.7 Å². The van der Waals surface area contributed by atoms with Gasteiger partial charge in [0.2, 0.25) is 5.75 Å². The van der Waals surface area contributed by atoms with E-state index in [9.17, 15) is 0 Å². The molecule has 5 heteroatoms. The second-order valence-electron chi connectivity index (χ2n) is 4.05. The maximum atomic E-state index is 5.56. The van der Waals surface area contributed by atoms with E-state index < -0.39 is 0 Å². The molecule has 0 amide bonds. The van der Waals surface area contributed by atoms with Gasteiger partial charge in [0.15, 0.2) is 11.5 Å². The summed E-state index contributed by atoms with van der Waals surface area (Å²) in [6, 6.07) is 4.12. The third-order valence-electron chi connectivity index (χ3n) is 2.73. The molecule has 1 unspecified atom stereocenters. The van der Waals surface area contributed by atoms with Crippen LogP contribution < -0.4 is 25.3 Å². The number of ether oxygens (including phenoxy) is 3. The standard InChI is InChI=1S/C13H22N2O3/c1-9(7-14)15-8-10-5-11(16-2)13(18-4)12(6-10)17-3/h5-6,9,15H,7-8,14H2,1-4H3. The van der Waals surface area contributed by atoms with Gasteiger partial charge in [0.25, 0.3) is 0 Å². The summed E-state index contributed by atoms with van der Waals surface area (Å²) in [4.78, 5) is 0. The molecule has 0 aliphatic carbocycles. The Balaban J connectivity index is 2.93. The Hall–Kier alpha value is -1.46. The van der Waals surface area contributed by atoms with Crippen LogP contribution in [0.25, 0.3) is 0 Å². The molecule has 0 aliphatic rings. The molecule has 1 aromatic rings. The molecular formula is C13H22N2O3. The predicted molar refractivity (Wildman–Crippen MR) is 71.5 cm³/mol. The largest absolute Gasteiger partial charge is 0.493 e. The zero-order valence-electron chi connectivity index (χ0n) is 11.4. The summed E-state index contributed by atoms with van der Waals surface area (Å²) in [6.45, 7) is 3.34. The molecule has 0 heterocycles. The SMILES string of the molecule is COc1cc(CNC(C)CN)cc(OC)c1OC. The lowest BCUT2D eigenvalue weighted by Crippen LogP contribution is -2.32. The summed E-state index contributed by atoms with van der Waals surface area (Å²) in [7, 11) is 4.81. The third kappa shape index (κ3) is 3.51. The van der Waals surface area contributed by atoms with Gasteiger partial charge in [-0.2, -0.15) is 0 Å². The number of methoxy groups -OCH3 is 3. The maximum Gasteiger partial charge on any atom is 0.203 e. The first-order valence-electron chi connectivity index (χ1n) is 5.88. The van der Waals surface area contributed by atoms with E-state index in [1.165, 1.54) is 0 Å². The first-order chi connectivity index (χ1) is 8.65. The lowest BCUT2D eigenvalue weighted by molar-refractivity contribution is 0.323. The average molecular weight is 254 g/mol. The molecule has 3 N–H and O–H groups in total. The van der Waals surface area contributed by atoms with Crippen LogP contribution in [0.5, 0.6) is 17.2 Å². The minimum Gasteiger partial charge on any atom is -0.493 e. The lowest BCUT2D eigenvalue weighted by atomic mass is 10.1. The molecule has 0 saturated heterocycles. The van der Waals surface area contributed by atoms with E-state index in [0.717, 1.165) is 5.56 Å². The van der Waals surface area contributed by atoms with Gasteiger partial charge in [-0.15, -0.1) is 0 Å². The molecule has 1 atom stereocenters. The van der Waals surface area contributed by atoms with Gasteiger partial charge in [0.05, 0.1) is 21.3 Å². The summed E-state index contributed by atoms with van der Waals surface area (Å²) in [6.07, 6.45) is 0. The van der Waals surface area contributed by atoms with Crippen LogP contribution in [0.15, 0.2) is 12.1 Å². The van der Waals surface area contributed by atoms with Crippen molar-refractivity contribution < 1.29 is 14.2 Å². The number of nitrogens with two attached hydrogens (primary N) is 1. The molecule has 0 spiro atoms. The van der Waals surface area contributed by atoms with Crippen molar-refractivity contribution in [2.45, 2.75) is 19.5 Å². The molecular weight excluding hydrogens is 232 g/mol. The molecule has 5 nitrogen and oxygen atoms in total. The van der Waals surface area contributed by atoms with Crippen molar-refractivity contribution in [2.24, 2.45) is 5.73 Å². The van der Waals surface area contributed by atoms with Crippen molar-refractivity contribution in [3.8, 4) is 17.2 Å². The Morgan fingerprint density at radius 1 is 1.11 bits per heavy atom. The number of hydrogen-bond donors (Lipinski definition) is 2. The van der Waals surface area contributed by atoms with Crippen molar-refractivity contribution in [3.63, 3.8) is 0 Å². The van der Waals surface area contributed by atoms with Crippen LogP contribution in [-0.2, 0) is 6.54 Å². The van der Waals surface area contributed by atoms with Crippen LogP contribution in [0, 0.1) is 0 Å². The van der Waals surface area contributed by atoms with Gasteiger partial charge in [-0.25, -0.2) is 0 Å². The number of nitrogens with one attached hydrogen (secondary N) is 1. The van der Waals surface area contributed by atoms with Crippen molar-refractivity contribution >= 4 is 0 Å². The van der Waals surface area contributed by atoms with Gasteiger partial charge in [-0.3, -0.25) is 0 Å². The Kier molecular flexibility index (Phi) is 5.74.